The van der Waals surface area contributed by atoms with Gasteiger partial charge in [0.05, 0.1) is 16.6 Å². The Bertz CT molecular complexity index is 778. The van der Waals surface area contributed by atoms with Gasteiger partial charge in [0.15, 0.2) is 0 Å². The predicted molar refractivity (Wildman–Crippen MR) is 93.1 cm³/mol. The summed E-state index contributed by atoms with van der Waals surface area (Å²) in [4.78, 5) is 24.7. The molecular weight excluding hydrogens is 308 g/mol. The zero-order valence-corrected chi connectivity index (χ0v) is 13.6. The van der Waals surface area contributed by atoms with Gasteiger partial charge in [-0.3, -0.25) is 4.79 Å². The van der Waals surface area contributed by atoms with Gasteiger partial charge in [-0.05, 0) is 30.0 Å². The molecule has 1 amide bonds. The number of benzene rings is 1. The maximum atomic E-state index is 12.5. The van der Waals surface area contributed by atoms with E-state index < -0.39 is 0 Å². The van der Waals surface area contributed by atoms with Crippen LogP contribution in [0.4, 0.5) is 5.95 Å². The summed E-state index contributed by atoms with van der Waals surface area (Å²) in [5.41, 5.74) is 2.84. The van der Waals surface area contributed by atoms with E-state index in [1.165, 1.54) is 0 Å². The molecule has 1 N–H and O–H groups in total. The quantitative estimate of drug-likeness (QED) is 0.788. The van der Waals surface area contributed by atoms with Crippen molar-refractivity contribution in [1.82, 2.24) is 14.9 Å². The molecule has 1 saturated heterocycles. The molecule has 4 rings (SSSR count). The lowest BCUT2D eigenvalue weighted by Gasteiger charge is -2.21. The second-order valence-electron chi connectivity index (χ2n) is 5.72. The minimum atomic E-state index is 0.137. The van der Waals surface area contributed by atoms with Crippen molar-refractivity contribution < 1.29 is 4.79 Å². The van der Waals surface area contributed by atoms with Crippen molar-refractivity contribution in [3.05, 3.63) is 46.7 Å². The van der Waals surface area contributed by atoms with Crippen LogP contribution in [0.15, 0.2) is 41.1 Å². The van der Waals surface area contributed by atoms with Crippen LogP contribution in [0.5, 0.6) is 0 Å². The fourth-order valence-electron chi connectivity index (χ4n) is 2.99. The van der Waals surface area contributed by atoms with Crippen LogP contribution in [-0.2, 0) is 0 Å². The molecule has 1 fully saturated rings. The summed E-state index contributed by atoms with van der Waals surface area (Å²) in [7, 11) is 0. The highest BCUT2D eigenvalue weighted by Crippen LogP contribution is 2.19. The Morgan fingerprint density at radius 2 is 2.04 bits per heavy atom. The summed E-state index contributed by atoms with van der Waals surface area (Å²) in [6.07, 6.45) is 0.951. The number of rotatable bonds is 2. The number of hydrogen-bond acceptors (Lipinski definition) is 4. The molecule has 0 spiro atoms. The lowest BCUT2D eigenvalue weighted by atomic mass is 10.3. The number of aromatic amines is 1. The summed E-state index contributed by atoms with van der Waals surface area (Å²) in [5, 5.41) is 3.87. The van der Waals surface area contributed by atoms with Gasteiger partial charge in [-0.2, -0.15) is 11.3 Å². The molecule has 5 nitrogen and oxygen atoms in total. The molecule has 3 aromatic rings. The number of amides is 1. The van der Waals surface area contributed by atoms with Crippen molar-refractivity contribution in [3.8, 4) is 0 Å². The number of aromatic nitrogens is 2. The Morgan fingerprint density at radius 1 is 1.13 bits per heavy atom. The molecule has 0 unspecified atom stereocenters. The van der Waals surface area contributed by atoms with Gasteiger partial charge < -0.3 is 14.8 Å². The molecular formula is C17H18N4OS. The Balaban J connectivity index is 1.49. The Morgan fingerprint density at radius 3 is 2.87 bits per heavy atom. The van der Waals surface area contributed by atoms with Gasteiger partial charge >= 0.3 is 0 Å². The summed E-state index contributed by atoms with van der Waals surface area (Å²) in [6.45, 7) is 3.24. The maximum absolute atomic E-state index is 12.5. The molecule has 0 saturated carbocycles. The van der Waals surface area contributed by atoms with Crippen LogP contribution in [-0.4, -0.2) is 47.0 Å². The molecule has 23 heavy (non-hydrogen) atoms. The van der Waals surface area contributed by atoms with E-state index in [1.54, 1.807) is 11.3 Å². The van der Waals surface area contributed by atoms with Crippen LogP contribution in [0, 0.1) is 0 Å². The van der Waals surface area contributed by atoms with Crippen molar-refractivity contribution in [2.24, 2.45) is 0 Å². The monoisotopic (exact) mass is 326 g/mol. The van der Waals surface area contributed by atoms with Crippen LogP contribution >= 0.6 is 11.3 Å². The van der Waals surface area contributed by atoms with Crippen LogP contribution in [0.3, 0.4) is 0 Å². The number of imidazole rings is 1. The fourth-order valence-corrected chi connectivity index (χ4v) is 3.62. The van der Waals surface area contributed by atoms with Crippen LogP contribution in [0.25, 0.3) is 11.0 Å². The van der Waals surface area contributed by atoms with E-state index in [-0.39, 0.29) is 5.91 Å². The van der Waals surface area contributed by atoms with Crippen molar-refractivity contribution in [1.29, 1.82) is 0 Å². The van der Waals surface area contributed by atoms with Gasteiger partial charge in [-0.1, -0.05) is 12.1 Å². The van der Waals surface area contributed by atoms with E-state index in [9.17, 15) is 4.79 Å². The van der Waals surface area contributed by atoms with Gasteiger partial charge in [0.25, 0.3) is 5.91 Å². The maximum Gasteiger partial charge on any atom is 0.254 e. The number of para-hydroxylation sites is 2. The Hall–Kier alpha value is -2.34. The van der Waals surface area contributed by atoms with Gasteiger partial charge in [0.1, 0.15) is 0 Å². The highest BCUT2D eigenvalue weighted by atomic mass is 32.1. The van der Waals surface area contributed by atoms with Crippen LogP contribution < -0.4 is 4.90 Å². The van der Waals surface area contributed by atoms with E-state index >= 15 is 0 Å². The van der Waals surface area contributed by atoms with Crippen molar-refractivity contribution in [2.45, 2.75) is 6.42 Å². The molecule has 3 heterocycles. The lowest BCUT2D eigenvalue weighted by molar-refractivity contribution is 0.0767. The number of H-pyrrole nitrogens is 1. The molecule has 0 atom stereocenters. The molecule has 1 aliphatic heterocycles. The average molecular weight is 326 g/mol. The van der Waals surface area contributed by atoms with E-state index in [2.05, 4.69) is 14.9 Å². The van der Waals surface area contributed by atoms with Crippen molar-refractivity contribution in [3.63, 3.8) is 0 Å². The molecule has 0 bridgehead atoms. The fraction of sp³-hybridized carbons (Fsp3) is 0.294. The summed E-state index contributed by atoms with van der Waals surface area (Å²) >= 11 is 1.56. The SMILES string of the molecule is O=C(c1ccsc1)N1CCCN(c2nc3ccccc3[nH]2)CC1. The highest BCUT2D eigenvalue weighted by Gasteiger charge is 2.21. The number of carbonyl (C=O) groups is 1. The molecule has 1 aliphatic rings. The van der Waals surface area contributed by atoms with E-state index in [1.807, 2.05) is 46.0 Å². The number of anilines is 1. The Kier molecular flexibility index (Phi) is 3.75. The average Bonchev–Trinajstić information content (AvgIpc) is 3.19. The van der Waals surface area contributed by atoms with Crippen molar-refractivity contribution >= 4 is 34.2 Å². The van der Waals surface area contributed by atoms with Gasteiger partial charge in [-0.25, -0.2) is 4.98 Å². The molecule has 1 aromatic carbocycles. The van der Waals surface area contributed by atoms with Crippen molar-refractivity contribution in [2.75, 3.05) is 31.1 Å². The number of fused-ring (bicyclic) bond motifs is 1. The first-order chi connectivity index (χ1) is 11.3. The number of thiophene rings is 1. The second-order valence-corrected chi connectivity index (χ2v) is 6.50. The largest absolute Gasteiger partial charge is 0.341 e. The zero-order chi connectivity index (χ0) is 15.6. The number of hydrogen-bond donors (Lipinski definition) is 1. The van der Waals surface area contributed by atoms with Crippen LogP contribution in [0.1, 0.15) is 16.8 Å². The number of nitrogens with one attached hydrogen (secondary N) is 1. The second kappa shape index (κ2) is 6.04. The topological polar surface area (TPSA) is 52.2 Å². The minimum Gasteiger partial charge on any atom is -0.341 e. The van der Waals surface area contributed by atoms with Gasteiger partial charge in [0.2, 0.25) is 5.95 Å². The summed E-state index contributed by atoms with van der Waals surface area (Å²) < 4.78 is 0. The van der Waals surface area contributed by atoms with Gasteiger partial charge in [0, 0.05) is 31.6 Å². The lowest BCUT2D eigenvalue weighted by Crippen LogP contribution is -2.35. The normalized spacial score (nSPS) is 15.8. The minimum absolute atomic E-state index is 0.137. The molecule has 2 aromatic heterocycles. The Labute approximate surface area is 138 Å². The molecule has 0 aliphatic carbocycles. The van der Waals surface area contributed by atoms with E-state index in [4.69, 9.17) is 0 Å². The first-order valence-electron chi connectivity index (χ1n) is 7.82. The summed E-state index contributed by atoms with van der Waals surface area (Å²) in [6, 6.07) is 9.95. The van der Waals surface area contributed by atoms with Crippen LogP contribution in [0.2, 0.25) is 0 Å². The third-order valence-corrected chi connectivity index (χ3v) is 4.91. The number of carbonyl (C=O) groups excluding carboxylic acids is 1. The zero-order valence-electron chi connectivity index (χ0n) is 12.7. The summed E-state index contributed by atoms with van der Waals surface area (Å²) in [5.74, 6) is 1.04. The molecule has 6 heteroatoms. The molecule has 0 radical (unpaired) electrons. The third kappa shape index (κ3) is 2.82. The third-order valence-electron chi connectivity index (χ3n) is 4.23. The predicted octanol–water partition coefficient (Wildman–Crippen LogP) is 2.98. The molecule has 118 valence electrons. The smallest absolute Gasteiger partial charge is 0.254 e. The number of nitrogens with zero attached hydrogens (tertiary/aromatic N) is 3. The van der Waals surface area contributed by atoms with E-state index in [0.717, 1.165) is 55.1 Å². The highest BCUT2D eigenvalue weighted by molar-refractivity contribution is 7.08. The van der Waals surface area contributed by atoms with E-state index in [0.29, 0.717) is 0 Å². The standard InChI is InChI=1S/C17H18N4OS/c22-16(13-6-11-23-12-13)20-7-3-8-21(10-9-20)17-18-14-4-1-2-5-15(14)19-17/h1-2,4-6,11-12H,3,7-10H2,(H,18,19). The first-order valence-corrected chi connectivity index (χ1v) is 8.77. The first kappa shape index (κ1) is 14.3. The van der Waals surface area contributed by atoms with Gasteiger partial charge in [-0.15, -0.1) is 0 Å².